The number of carbonyl (C=O) groups is 1. The number of amides is 1. The van der Waals surface area contributed by atoms with E-state index in [0.29, 0.717) is 18.9 Å². The summed E-state index contributed by atoms with van der Waals surface area (Å²) < 4.78 is 37.8. The number of halogens is 3. The lowest BCUT2D eigenvalue weighted by Crippen LogP contribution is -2.44. The molecule has 1 amide bonds. The molecule has 0 radical (unpaired) electrons. The number of alkyl halides is 3. The van der Waals surface area contributed by atoms with Crippen LogP contribution in [0.15, 0.2) is 41.9 Å². The predicted octanol–water partition coefficient (Wildman–Crippen LogP) is 3.96. The number of hydrogen-bond donors (Lipinski definition) is 1. The molecule has 1 fully saturated rings. The summed E-state index contributed by atoms with van der Waals surface area (Å²) in [5, 5.41) is 4.91. The molecule has 138 valence electrons. The zero-order valence-corrected chi connectivity index (χ0v) is 14.7. The molecule has 3 heterocycles. The van der Waals surface area contributed by atoms with Crippen molar-refractivity contribution in [1.82, 2.24) is 10.3 Å². The van der Waals surface area contributed by atoms with Gasteiger partial charge < -0.3 is 10.2 Å². The van der Waals surface area contributed by atoms with E-state index in [1.54, 1.807) is 17.4 Å². The van der Waals surface area contributed by atoms with E-state index in [1.807, 2.05) is 22.4 Å². The van der Waals surface area contributed by atoms with E-state index in [0.717, 1.165) is 30.0 Å². The quantitative estimate of drug-likeness (QED) is 0.816. The number of nitrogens with one attached hydrogen (secondary N) is 1. The highest BCUT2D eigenvalue weighted by atomic mass is 32.1. The molecule has 1 saturated heterocycles. The Balaban J connectivity index is 1.49. The van der Waals surface area contributed by atoms with Gasteiger partial charge >= 0.3 is 6.18 Å². The number of pyridine rings is 1. The highest BCUT2D eigenvalue weighted by Crippen LogP contribution is 2.29. The third-order valence-electron chi connectivity index (χ3n) is 4.18. The fourth-order valence-electron chi connectivity index (χ4n) is 2.79. The predicted molar refractivity (Wildman–Crippen MR) is 96.0 cm³/mol. The van der Waals surface area contributed by atoms with Gasteiger partial charge in [0.05, 0.1) is 5.56 Å². The molecule has 3 rings (SSSR count). The maximum absolute atomic E-state index is 12.6. The fourth-order valence-corrected chi connectivity index (χ4v) is 3.40. The van der Waals surface area contributed by atoms with Crippen molar-refractivity contribution >= 4 is 29.1 Å². The first-order valence-electron chi connectivity index (χ1n) is 8.22. The van der Waals surface area contributed by atoms with Gasteiger partial charge in [-0.15, -0.1) is 11.3 Å². The van der Waals surface area contributed by atoms with Crippen molar-refractivity contribution in [3.05, 3.63) is 52.4 Å². The van der Waals surface area contributed by atoms with Gasteiger partial charge in [0.25, 0.3) is 0 Å². The molecule has 0 bridgehead atoms. The number of anilines is 1. The van der Waals surface area contributed by atoms with Gasteiger partial charge in [-0.2, -0.15) is 13.2 Å². The van der Waals surface area contributed by atoms with E-state index in [4.69, 9.17) is 0 Å². The molecular formula is C18H18F3N3OS. The number of rotatable bonds is 4. The number of carbonyl (C=O) groups excluding carboxylic acids is 1. The molecule has 4 nitrogen and oxygen atoms in total. The largest absolute Gasteiger partial charge is 0.417 e. The van der Waals surface area contributed by atoms with Crippen molar-refractivity contribution in [2.45, 2.75) is 25.1 Å². The van der Waals surface area contributed by atoms with Crippen molar-refractivity contribution in [2.75, 3.05) is 18.0 Å². The minimum atomic E-state index is -4.38. The van der Waals surface area contributed by atoms with Crippen molar-refractivity contribution < 1.29 is 18.0 Å². The fraction of sp³-hybridized carbons (Fsp3) is 0.333. The molecule has 0 atom stereocenters. The van der Waals surface area contributed by atoms with Crippen LogP contribution in [0.1, 0.15) is 23.3 Å². The summed E-state index contributed by atoms with van der Waals surface area (Å²) in [7, 11) is 0. The second-order valence-electron chi connectivity index (χ2n) is 6.02. The van der Waals surface area contributed by atoms with Gasteiger partial charge in [-0.25, -0.2) is 4.98 Å². The molecule has 1 N–H and O–H groups in total. The van der Waals surface area contributed by atoms with Crippen LogP contribution in [-0.2, 0) is 11.0 Å². The summed E-state index contributed by atoms with van der Waals surface area (Å²) >= 11 is 1.56. The lowest BCUT2D eigenvalue weighted by atomic mass is 10.0. The van der Waals surface area contributed by atoms with Crippen molar-refractivity contribution in [3.8, 4) is 0 Å². The Kier molecular flexibility index (Phi) is 5.61. The van der Waals surface area contributed by atoms with Gasteiger partial charge in [-0.05, 0) is 42.5 Å². The van der Waals surface area contributed by atoms with E-state index in [9.17, 15) is 18.0 Å². The van der Waals surface area contributed by atoms with Crippen LogP contribution in [0.25, 0.3) is 6.08 Å². The first-order valence-corrected chi connectivity index (χ1v) is 9.10. The Morgan fingerprint density at radius 2 is 2.04 bits per heavy atom. The first kappa shape index (κ1) is 18.4. The standard InChI is InChI=1S/C18H18F3N3OS/c19-18(20,21)13-3-5-16(22-12-13)24-9-7-14(8-10-24)23-17(25)6-4-15-2-1-11-26-15/h1-6,11-12,14H,7-10H2,(H,23,25)/b6-4+. The van der Waals surface area contributed by atoms with Gasteiger partial charge in [-0.3, -0.25) is 4.79 Å². The van der Waals surface area contributed by atoms with Gasteiger partial charge in [0, 0.05) is 36.3 Å². The lowest BCUT2D eigenvalue weighted by Gasteiger charge is -2.33. The molecule has 1 aliphatic heterocycles. The molecule has 0 aromatic carbocycles. The van der Waals surface area contributed by atoms with E-state index in [2.05, 4.69) is 10.3 Å². The molecule has 0 saturated carbocycles. The molecule has 8 heteroatoms. The van der Waals surface area contributed by atoms with Gasteiger partial charge in [-0.1, -0.05) is 6.07 Å². The summed E-state index contributed by atoms with van der Waals surface area (Å²) in [5.74, 6) is 0.393. The topological polar surface area (TPSA) is 45.2 Å². The Bertz CT molecular complexity index is 749. The molecule has 0 spiro atoms. The van der Waals surface area contributed by atoms with Crippen LogP contribution >= 0.6 is 11.3 Å². The minimum absolute atomic E-state index is 0.0567. The molecule has 0 unspecified atom stereocenters. The summed E-state index contributed by atoms with van der Waals surface area (Å²) in [6.45, 7) is 1.27. The van der Waals surface area contributed by atoms with Crippen LogP contribution in [0, 0.1) is 0 Å². The van der Waals surface area contributed by atoms with E-state index >= 15 is 0 Å². The molecule has 0 aliphatic carbocycles. The number of thiophene rings is 1. The van der Waals surface area contributed by atoms with E-state index < -0.39 is 11.7 Å². The average Bonchev–Trinajstić information content (AvgIpc) is 3.14. The average molecular weight is 381 g/mol. The third kappa shape index (κ3) is 4.85. The molecule has 2 aromatic heterocycles. The maximum Gasteiger partial charge on any atom is 0.417 e. The number of nitrogens with zero attached hydrogens (tertiary/aromatic N) is 2. The molecule has 26 heavy (non-hydrogen) atoms. The first-order chi connectivity index (χ1) is 12.4. The number of aromatic nitrogens is 1. The van der Waals surface area contributed by atoms with Crippen molar-refractivity contribution in [3.63, 3.8) is 0 Å². The SMILES string of the molecule is O=C(/C=C/c1cccs1)NC1CCN(c2ccc(C(F)(F)F)cn2)CC1. The number of piperidine rings is 1. The van der Waals surface area contributed by atoms with Crippen LogP contribution < -0.4 is 10.2 Å². The summed E-state index contributed by atoms with van der Waals surface area (Å²) in [6, 6.07) is 6.36. The maximum atomic E-state index is 12.6. The van der Waals surface area contributed by atoms with Gasteiger partial charge in [0.1, 0.15) is 5.82 Å². The van der Waals surface area contributed by atoms with Gasteiger partial charge in [0.15, 0.2) is 0 Å². The van der Waals surface area contributed by atoms with Crippen molar-refractivity contribution in [2.24, 2.45) is 0 Å². The van der Waals surface area contributed by atoms with Crippen molar-refractivity contribution in [1.29, 1.82) is 0 Å². The van der Waals surface area contributed by atoms with Crippen LogP contribution in [0.3, 0.4) is 0 Å². The highest BCUT2D eigenvalue weighted by Gasteiger charge is 2.31. The monoisotopic (exact) mass is 381 g/mol. The van der Waals surface area contributed by atoms with Crippen LogP contribution in [0.5, 0.6) is 0 Å². The van der Waals surface area contributed by atoms with E-state index in [1.165, 1.54) is 12.1 Å². The molecular weight excluding hydrogens is 363 g/mol. The summed E-state index contributed by atoms with van der Waals surface area (Å²) in [5.41, 5.74) is -0.749. The second kappa shape index (κ2) is 7.90. The Morgan fingerprint density at radius 1 is 1.27 bits per heavy atom. The summed E-state index contributed by atoms with van der Waals surface area (Å²) in [6.07, 6.45) is 1.23. The molecule has 2 aromatic rings. The smallest absolute Gasteiger partial charge is 0.356 e. The number of hydrogen-bond acceptors (Lipinski definition) is 4. The third-order valence-corrected chi connectivity index (χ3v) is 5.02. The normalized spacial score (nSPS) is 16.2. The minimum Gasteiger partial charge on any atom is -0.356 e. The Morgan fingerprint density at radius 3 is 2.62 bits per heavy atom. The van der Waals surface area contributed by atoms with Crippen LogP contribution in [0.4, 0.5) is 19.0 Å². The zero-order valence-electron chi connectivity index (χ0n) is 13.9. The Labute approximate surface area is 153 Å². The summed E-state index contributed by atoms with van der Waals surface area (Å²) in [4.78, 5) is 18.8. The highest BCUT2D eigenvalue weighted by molar-refractivity contribution is 7.10. The lowest BCUT2D eigenvalue weighted by molar-refractivity contribution is -0.137. The second-order valence-corrected chi connectivity index (χ2v) is 7.00. The zero-order chi connectivity index (χ0) is 18.6. The van der Waals surface area contributed by atoms with Crippen LogP contribution in [0.2, 0.25) is 0 Å². The van der Waals surface area contributed by atoms with Crippen LogP contribution in [-0.4, -0.2) is 30.0 Å². The Hall–Kier alpha value is -2.35. The van der Waals surface area contributed by atoms with E-state index in [-0.39, 0.29) is 11.9 Å². The van der Waals surface area contributed by atoms with Gasteiger partial charge in [0.2, 0.25) is 5.91 Å². The molecule has 1 aliphatic rings.